The van der Waals surface area contributed by atoms with E-state index in [4.69, 9.17) is 79.1 Å². The number of hydrogen-bond donors (Lipinski definition) is 0. The zero-order valence-electron chi connectivity index (χ0n) is 17.0. The molecule has 31 heavy (non-hydrogen) atoms. The summed E-state index contributed by atoms with van der Waals surface area (Å²) in [6.07, 6.45) is 0. The smallest absolute Gasteiger partial charge is 0.208 e. The quantitative estimate of drug-likeness (QED) is 0.245. The van der Waals surface area contributed by atoms with Gasteiger partial charge in [-0.15, -0.1) is 0 Å². The second kappa shape index (κ2) is 10.5. The molecular weight excluding hydrogens is 521 g/mol. The molecule has 0 amide bonds. The Bertz CT molecular complexity index is 832. The van der Waals surface area contributed by atoms with E-state index in [0.717, 1.165) is 11.1 Å². The van der Waals surface area contributed by atoms with Gasteiger partial charge in [-0.1, -0.05) is 107 Å². The maximum absolute atomic E-state index is 6.49. The van der Waals surface area contributed by atoms with E-state index in [-0.39, 0.29) is 0 Å². The van der Waals surface area contributed by atoms with Crippen molar-refractivity contribution >= 4 is 69.6 Å². The van der Waals surface area contributed by atoms with E-state index in [1.165, 1.54) is 0 Å². The zero-order valence-corrected chi connectivity index (χ0v) is 21.6. The molecule has 2 rings (SSSR count). The largest absolute Gasteiger partial charge is 0.489 e. The first-order valence-corrected chi connectivity index (χ1v) is 11.4. The van der Waals surface area contributed by atoms with E-state index in [1.54, 1.807) is 48.5 Å². The first-order valence-electron chi connectivity index (χ1n) is 9.18. The Kier molecular flexibility index (Phi) is 8.95. The Labute approximate surface area is 213 Å². The molecule has 2 nitrogen and oxygen atoms in total. The fraction of sp³-hybridized carbons (Fsp3) is 0.304. The molecule has 168 valence electrons. The van der Waals surface area contributed by atoms with Crippen molar-refractivity contribution in [1.82, 2.24) is 0 Å². The highest BCUT2D eigenvalue weighted by molar-refractivity contribution is 6.74. The number of hydrogen-bond acceptors (Lipinski definition) is 2. The number of benzene rings is 2. The van der Waals surface area contributed by atoms with Crippen molar-refractivity contribution in [2.24, 2.45) is 0 Å². The Morgan fingerprint density at radius 1 is 0.645 bits per heavy atom. The highest BCUT2D eigenvalue weighted by Crippen LogP contribution is 2.62. The van der Waals surface area contributed by atoms with Gasteiger partial charge in [0.25, 0.3) is 0 Å². The number of alkyl halides is 6. The highest BCUT2D eigenvalue weighted by atomic mass is 35.6. The lowest BCUT2D eigenvalue weighted by Gasteiger charge is -2.45. The van der Waals surface area contributed by atoms with E-state index in [9.17, 15) is 0 Å². The van der Waals surface area contributed by atoms with Crippen LogP contribution in [0.1, 0.15) is 25.0 Å². The van der Waals surface area contributed by atoms with Crippen molar-refractivity contribution in [2.45, 2.75) is 26.8 Å². The molecule has 8 heteroatoms. The molecule has 2 aromatic rings. The average molecular weight is 543 g/mol. The van der Waals surface area contributed by atoms with Crippen molar-refractivity contribution in [2.75, 3.05) is 13.2 Å². The summed E-state index contributed by atoms with van der Waals surface area (Å²) < 4.78 is 7.27. The Hall–Kier alpha value is -0.740. The third kappa shape index (κ3) is 6.19. The van der Waals surface area contributed by atoms with E-state index in [2.05, 4.69) is 13.2 Å². The van der Waals surface area contributed by atoms with E-state index in [1.807, 2.05) is 13.8 Å². The Morgan fingerprint density at radius 2 is 0.935 bits per heavy atom. The van der Waals surface area contributed by atoms with Gasteiger partial charge in [-0.3, -0.25) is 0 Å². The second-order valence-corrected chi connectivity index (χ2v) is 11.8. The molecule has 0 bridgehead atoms. The summed E-state index contributed by atoms with van der Waals surface area (Å²) in [5, 5.41) is 0. The summed E-state index contributed by atoms with van der Waals surface area (Å²) in [6, 6.07) is 13.8. The number of ether oxygens (including phenoxy) is 2. The molecule has 0 saturated heterocycles. The van der Waals surface area contributed by atoms with Gasteiger partial charge in [-0.25, -0.2) is 0 Å². The molecule has 0 aliphatic heterocycles. The molecule has 0 N–H and O–H groups in total. The molecule has 0 saturated carbocycles. The Morgan fingerprint density at radius 3 is 1.16 bits per heavy atom. The van der Waals surface area contributed by atoms with Crippen LogP contribution >= 0.6 is 69.6 Å². The van der Waals surface area contributed by atoms with Crippen LogP contribution in [0.2, 0.25) is 0 Å². The predicted molar refractivity (Wildman–Crippen MR) is 135 cm³/mol. The van der Waals surface area contributed by atoms with Crippen LogP contribution < -0.4 is 9.47 Å². The number of halogens is 6. The Balaban J connectivity index is 2.57. The molecule has 0 aliphatic rings. The van der Waals surface area contributed by atoms with Crippen molar-refractivity contribution in [3.8, 4) is 11.5 Å². The molecular formula is C23H22Cl6O2. The molecule has 0 unspecified atom stereocenters. The van der Waals surface area contributed by atoms with Crippen LogP contribution in [0.3, 0.4) is 0 Å². The first kappa shape index (κ1) is 26.5. The maximum Gasteiger partial charge on any atom is 0.208 e. The van der Waals surface area contributed by atoms with Crippen LogP contribution in [0.25, 0.3) is 0 Å². The third-order valence-corrected chi connectivity index (χ3v) is 6.10. The van der Waals surface area contributed by atoms with Gasteiger partial charge >= 0.3 is 0 Å². The molecule has 0 atom stereocenters. The molecule has 0 heterocycles. The molecule has 0 spiro atoms. The van der Waals surface area contributed by atoms with E-state index >= 15 is 0 Å². The van der Waals surface area contributed by atoms with Crippen molar-refractivity contribution in [3.05, 3.63) is 84.0 Å². The second-order valence-electron chi connectivity index (χ2n) is 7.29. The minimum atomic E-state index is -2.02. The van der Waals surface area contributed by atoms with Crippen LogP contribution in [0.15, 0.2) is 72.8 Å². The molecule has 0 aliphatic carbocycles. The minimum Gasteiger partial charge on any atom is -0.489 e. The van der Waals surface area contributed by atoms with Crippen LogP contribution in [-0.2, 0) is 5.41 Å². The van der Waals surface area contributed by atoms with Gasteiger partial charge in [0.15, 0.2) is 0 Å². The fourth-order valence-electron chi connectivity index (χ4n) is 3.00. The third-order valence-electron chi connectivity index (χ3n) is 4.40. The standard InChI is InChI=1S/C23H22Cl6O2/c1-15(2)13-30-19-9-5-17(6-10-19)21(22(24,25)26,23(27,28)29)18-7-11-20(12-8-18)31-14-16(3)4/h5-12H,1,3,13-14H2,2,4H3. The summed E-state index contributed by atoms with van der Waals surface area (Å²) in [4.78, 5) is 0. The zero-order chi connectivity index (χ0) is 23.4. The van der Waals surface area contributed by atoms with Gasteiger partial charge in [0.1, 0.15) is 30.1 Å². The minimum absolute atomic E-state index is 0.380. The fourth-order valence-corrected chi connectivity index (χ4v) is 5.59. The molecule has 0 aromatic heterocycles. The first-order chi connectivity index (χ1) is 14.3. The summed E-state index contributed by atoms with van der Waals surface area (Å²) in [6.45, 7) is 12.1. The molecule has 0 fully saturated rings. The van der Waals surface area contributed by atoms with E-state index in [0.29, 0.717) is 35.8 Å². The lowest BCUT2D eigenvalue weighted by atomic mass is 9.76. The van der Waals surface area contributed by atoms with Crippen LogP contribution in [0.4, 0.5) is 0 Å². The van der Waals surface area contributed by atoms with Crippen molar-refractivity contribution in [3.63, 3.8) is 0 Å². The van der Waals surface area contributed by atoms with Crippen LogP contribution in [0, 0.1) is 0 Å². The van der Waals surface area contributed by atoms with Gasteiger partial charge in [-0.2, -0.15) is 0 Å². The van der Waals surface area contributed by atoms with Crippen LogP contribution in [-0.4, -0.2) is 20.8 Å². The summed E-state index contributed by atoms with van der Waals surface area (Å²) in [5.41, 5.74) is 1.12. The SMILES string of the molecule is C=C(C)COc1ccc(C(c2ccc(OCC(=C)C)cc2)(C(Cl)(Cl)Cl)C(Cl)(Cl)Cl)cc1. The summed E-state index contributed by atoms with van der Waals surface area (Å²) in [7, 11) is 0. The number of rotatable bonds is 8. The molecule has 2 aromatic carbocycles. The van der Waals surface area contributed by atoms with Gasteiger partial charge < -0.3 is 9.47 Å². The topological polar surface area (TPSA) is 18.5 Å². The monoisotopic (exact) mass is 540 g/mol. The predicted octanol–water partition coefficient (Wildman–Crippen LogP) is 8.62. The highest BCUT2D eigenvalue weighted by Gasteiger charge is 2.63. The normalized spacial score (nSPS) is 12.4. The lowest BCUT2D eigenvalue weighted by molar-refractivity contribution is 0.352. The maximum atomic E-state index is 6.49. The van der Waals surface area contributed by atoms with Gasteiger partial charge in [0, 0.05) is 0 Å². The lowest BCUT2D eigenvalue weighted by Crippen LogP contribution is -2.51. The van der Waals surface area contributed by atoms with Gasteiger partial charge in [0.05, 0.1) is 0 Å². The van der Waals surface area contributed by atoms with Crippen molar-refractivity contribution < 1.29 is 9.47 Å². The van der Waals surface area contributed by atoms with Gasteiger partial charge in [-0.05, 0) is 60.4 Å². The van der Waals surface area contributed by atoms with E-state index < -0.39 is 13.0 Å². The van der Waals surface area contributed by atoms with Crippen molar-refractivity contribution in [1.29, 1.82) is 0 Å². The molecule has 0 radical (unpaired) electrons. The van der Waals surface area contributed by atoms with Gasteiger partial charge in [0.2, 0.25) is 7.59 Å². The van der Waals surface area contributed by atoms with Crippen LogP contribution in [0.5, 0.6) is 11.5 Å². The summed E-state index contributed by atoms with van der Waals surface area (Å²) in [5.74, 6) is 1.22. The average Bonchev–Trinajstić information content (AvgIpc) is 2.65. The summed E-state index contributed by atoms with van der Waals surface area (Å²) >= 11 is 38.9.